The second-order valence-corrected chi connectivity index (χ2v) is 6.45. The Hall–Kier alpha value is -3.81. The number of imide groups is 1. The minimum atomic E-state index is -1.13. The van der Waals surface area contributed by atoms with Gasteiger partial charge in [-0.1, -0.05) is 42.5 Å². The minimum absolute atomic E-state index is 0.290. The lowest BCUT2D eigenvalue weighted by molar-refractivity contribution is -0.121. The quantitative estimate of drug-likeness (QED) is 0.704. The van der Waals surface area contributed by atoms with Crippen molar-refractivity contribution in [3.8, 4) is 0 Å². The van der Waals surface area contributed by atoms with E-state index in [4.69, 9.17) is 0 Å². The average Bonchev–Trinajstić information content (AvgIpc) is 3.15. The zero-order valence-electron chi connectivity index (χ0n) is 15.3. The molecule has 0 fully saturated rings. The lowest BCUT2D eigenvalue weighted by Crippen LogP contribution is -2.43. The fourth-order valence-electron chi connectivity index (χ4n) is 3.30. The van der Waals surface area contributed by atoms with E-state index in [9.17, 15) is 14.4 Å². The molecule has 0 saturated heterocycles. The van der Waals surface area contributed by atoms with E-state index >= 15 is 0 Å². The van der Waals surface area contributed by atoms with E-state index < -0.39 is 23.8 Å². The summed E-state index contributed by atoms with van der Waals surface area (Å²) in [6.07, 6.45) is 0. The Bertz CT molecular complexity index is 1040. The fraction of sp³-hybridized carbons (Fsp3) is 0.150. The molecule has 2 aromatic carbocycles. The lowest BCUT2D eigenvalue weighted by Gasteiger charge is -2.26. The smallest absolute Gasteiger partial charge is 0.266 e. The lowest BCUT2D eigenvalue weighted by atomic mass is 10.0. The van der Waals surface area contributed by atoms with Gasteiger partial charge in [0.1, 0.15) is 17.7 Å². The minimum Gasteiger partial charge on any atom is -0.270 e. The molecule has 1 aliphatic rings. The molecule has 28 heavy (non-hydrogen) atoms. The van der Waals surface area contributed by atoms with Crippen molar-refractivity contribution in [2.45, 2.75) is 19.9 Å². The Morgan fingerprint density at radius 3 is 1.89 bits per heavy atom. The molecule has 8 nitrogen and oxygen atoms in total. The van der Waals surface area contributed by atoms with Gasteiger partial charge in [0.15, 0.2) is 0 Å². The van der Waals surface area contributed by atoms with Crippen molar-refractivity contribution in [1.82, 2.24) is 19.8 Å². The van der Waals surface area contributed by atoms with Gasteiger partial charge in [0, 0.05) is 0 Å². The molecule has 0 spiro atoms. The molecular weight excluding hydrogens is 358 g/mol. The molecule has 3 aromatic rings. The highest BCUT2D eigenvalue weighted by Crippen LogP contribution is 2.31. The molecule has 140 valence electrons. The van der Waals surface area contributed by atoms with Crippen LogP contribution in [0.2, 0.25) is 0 Å². The summed E-state index contributed by atoms with van der Waals surface area (Å²) in [5.74, 6) is -0.560. The first-order valence-corrected chi connectivity index (χ1v) is 8.70. The van der Waals surface area contributed by atoms with Gasteiger partial charge in [-0.2, -0.15) is 0 Å². The SMILES string of the molecule is Cc1nnc(C)n1NC(=O)C(c1ccccc1)N1C(=O)c2ccccc2C1=O. The summed E-state index contributed by atoms with van der Waals surface area (Å²) < 4.78 is 1.43. The molecule has 1 unspecified atom stereocenters. The predicted molar refractivity (Wildman–Crippen MR) is 100.0 cm³/mol. The van der Waals surface area contributed by atoms with Crippen LogP contribution in [-0.2, 0) is 4.79 Å². The molecule has 1 aromatic heterocycles. The van der Waals surface area contributed by atoms with Gasteiger partial charge < -0.3 is 0 Å². The summed E-state index contributed by atoms with van der Waals surface area (Å²) in [7, 11) is 0. The number of hydrogen-bond acceptors (Lipinski definition) is 5. The first-order valence-electron chi connectivity index (χ1n) is 8.70. The number of aromatic nitrogens is 3. The third-order valence-corrected chi connectivity index (χ3v) is 4.66. The predicted octanol–water partition coefficient (Wildman–Crippen LogP) is 2.00. The van der Waals surface area contributed by atoms with Crippen LogP contribution >= 0.6 is 0 Å². The van der Waals surface area contributed by atoms with Crippen LogP contribution in [0.3, 0.4) is 0 Å². The Morgan fingerprint density at radius 1 is 0.857 bits per heavy atom. The summed E-state index contributed by atoms with van der Waals surface area (Å²) in [5, 5.41) is 7.82. The van der Waals surface area contributed by atoms with Crippen LogP contribution in [0.4, 0.5) is 0 Å². The van der Waals surface area contributed by atoms with Gasteiger partial charge in [-0.15, -0.1) is 10.2 Å². The number of aryl methyl sites for hydroxylation is 2. The highest BCUT2D eigenvalue weighted by atomic mass is 16.2. The van der Waals surface area contributed by atoms with Crippen LogP contribution in [0.25, 0.3) is 0 Å². The highest BCUT2D eigenvalue weighted by Gasteiger charge is 2.43. The van der Waals surface area contributed by atoms with Crippen molar-refractivity contribution in [3.63, 3.8) is 0 Å². The molecule has 1 atom stereocenters. The van der Waals surface area contributed by atoms with Crippen LogP contribution in [0.1, 0.15) is 44.0 Å². The van der Waals surface area contributed by atoms with Gasteiger partial charge in [0.05, 0.1) is 11.1 Å². The van der Waals surface area contributed by atoms with E-state index in [1.54, 1.807) is 68.4 Å². The zero-order chi connectivity index (χ0) is 19.8. The summed E-state index contributed by atoms with van der Waals surface area (Å²) in [6.45, 7) is 3.39. The number of fused-ring (bicyclic) bond motifs is 1. The molecule has 4 rings (SSSR count). The van der Waals surface area contributed by atoms with Crippen LogP contribution < -0.4 is 5.43 Å². The van der Waals surface area contributed by atoms with Gasteiger partial charge >= 0.3 is 0 Å². The van der Waals surface area contributed by atoms with E-state index in [1.165, 1.54) is 4.68 Å². The number of carbonyl (C=O) groups is 3. The normalized spacial score (nSPS) is 14.1. The molecule has 8 heteroatoms. The third-order valence-electron chi connectivity index (χ3n) is 4.66. The summed E-state index contributed by atoms with van der Waals surface area (Å²) in [5.41, 5.74) is 3.81. The Morgan fingerprint density at radius 2 is 1.36 bits per heavy atom. The maximum Gasteiger partial charge on any atom is 0.266 e. The number of nitrogens with zero attached hydrogens (tertiary/aromatic N) is 4. The maximum absolute atomic E-state index is 13.2. The first-order chi connectivity index (χ1) is 13.5. The number of hydrogen-bond donors (Lipinski definition) is 1. The molecule has 1 N–H and O–H groups in total. The van der Waals surface area contributed by atoms with Crippen molar-refractivity contribution >= 4 is 17.7 Å². The van der Waals surface area contributed by atoms with E-state index in [0.29, 0.717) is 17.2 Å². The summed E-state index contributed by atoms with van der Waals surface area (Å²) in [4.78, 5) is 40.1. The summed E-state index contributed by atoms with van der Waals surface area (Å²) in [6, 6.07) is 14.1. The van der Waals surface area contributed by atoms with Crippen molar-refractivity contribution in [1.29, 1.82) is 0 Å². The van der Waals surface area contributed by atoms with Crippen molar-refractivity contribution in [2.75, 3.05) is 5.43 Å². The van der Waals surface area contributed by atoms with Crippen LogP contribution in [0, 0.1) is 13.8 Å². The van der Waals surface area contributed by atoms with Gasteiger partial charge in [-0.3, -0.25) is 24.7 Å². The Balaban J connectivity index is 1.77. The molecule has 0 saturated carbocycles. The van der Waals surface area contributed by atoms with E-state index in [2.05, 4.69) is 15.6 Å². The molecular formula is C20H17N5O3. The third kappa shape index (κ3) is 2.75. The number of carbonyl (C=O) groups excluding carboxylic acids is 3. The average molecular weight is 375 g/mol. The number of nitrogens with one attached hydrogen (secondary N) is 1. The van der Waals surface area contributed by atoms with Crippen molar-refractivity contribution in [3.05, 3.63) is 82.9 Å². The molecule has 1 aliphatic heterocycles. The second-order valence-electron chi connectivity index (χ2n) is 6.45. The molecule has 0 radical (unpaired) electrons. The van der Waals surface area contributed by atoms with E-state index in [1.807, 2.05) is 0 Å². The number of amides is 3. The topological polar surface area (TPSA) is 97.2 Å². The van der Waals surface area contributed by atoms with Crippen molar-refractivity contribution in [2.24, 2.45) is 0 Å². The van der Waals surface area contributed by atoms with Crippen LogP contribution in [-0.4, -0.2) is 37.5 Å². The fourth-order valence-corrected chi connectivity index (χ4v) is 3.30. The van der Waals surface area contributed by atoms with Gasteiger partial charge in [0.2, 0.25) is 0 Å². The zero-order valence-corrected chi connectivity index (χ0v) is 15.3. The molecule has 3 amide bonds. The largest absolute Gasteiger partial charge is 0.270 e. The van der Waals surface area contributed by atoms with E-state index in [-0.39, 0.29) is 11.1 Å². The number of benzene rings is 2. The van der Waals surface area contributed by atoms with Crippen LogP contribution in [0.5, 0.6) is 0 Å². The number of rotatable bonds is 4. The van der Waals surface area contributed by atoms with Gasteiger partial charge in [-0.25, -0.2) is 4.68 Å². The highest BCUT2D eigenvalue weighted by molar-refractivity contribution is 6.23. The monoisotopic (exact) mass is 375 g/mol. The molecule has 0 bridgehead atoms. The van der Waals surface area contributed by atoms with Crippen molar-refractivity contribution < 1.29 is 14.4 Å². The Labute approximate surface area is 160 Å². The van der Waals surface area contributed by atoms with E-state index in [0.717, 1.165) is 4.90 Å². The van der Waals surface area contributed by atoms with Gasteiger partial charge in [-0.05, 0) is 31.5 Å². The summed E-state index contributed by atoms with van der Waals surface area (Å²) >= 11 is 0. The second kappa shape index (κ2) is 6.73. The van der Waals surface area contributed by atoms with Gasteiger partial charge in [0.25, 0.3) is 17.7 Å². The maximum atomic E-state index is 13.2. The molecule has 2 heterocycles. The Kier molecular flexibility index (Phi) is 4.23. The molecule has 0 aliphatic carbocycles. The van der Waals surface area contributed by atoms with Crippen LogP contribution in [0.15, 0.2) is 54.6 Å². The standard InChI is InChI=1S/C20H17N5O3/c1-12-21-22-13(2)25(12)23-18(26)17(14-8-4-3-5-9-14)24-19(27)15-10-6-7-11-16(15)20(24)28/h3-11,17H,1-2H3,(H,23,26). The first kappa shape index (κ1) is 17.6.